The Hall–Kier alpha value is -3.84. The normalized spacial score (nSPS) is 10.9. The molecule has 0 aliphatic carbocycles. The lowest BCUT2D eigenvalue weighted by atomic mass is 10.1. The maximum atomic E-state index is 10.6. The molecule has 2 aromatic carbocycles. The number of hydrogen-bond acceptors (Lipinski definition) is 5. The van der Waals surface area contributed by atoms with Crippen LogP contribution in [0.1, 0.15) is 17.7 Å². The van der Waals surface area contributed by atoms with Gasteiger partial charge in [-0.2, -0.15) is 0 Å². The second-order valence-electron chi connectivity index (χ2n) is 7.59. The molecule has 2 heterocycles. The Bertz CT molecular complexity index is 1170. The molecule has 164 valence electrons. The van der Waals surface area contributed by atoms with E-state index in [1.807, 2.05) is 30.3 Å². The molecule has 0 atom stereocenters. The van der Waals surface area contributed by atoms with Gasteiger partial charge in [0.15, 0.2) is 0 Å². The number of aromatic nitrogens is 2. The van der Waals surface area contributed by atoms with Gasteiger partial charge in [-0.3, -0.25) is 9.78 Å². The van der Waals surface area contributed by atoms with Gasteiger partial charge in [0.25, 0.3) is 0 Å². The largest absolute Gasteiger partial charge is 0.481 e. The van der Waals surface area contributed by atoms with E-state index in [9.17, 15) is 4.79 Å². The summed E-state index contributed by atoms with van der Waals surface area (Å²) in [6.45, 7) is 1.81. The highest BCUT2D eigenvalue weighted by molar-refractivity contribution is 5.83. The molecule has 32 heavy (non-hydrogen) atoms. The topological polar surface area (TPSA) is 102 Å². The van der Waals surface area contributed by atoms with E-state index in [-0.39, 0.29) is 6.42 Å². The van der Waals surface area contributed by atoms with Crippen molar-refractivity contribution in [3.05, 3.63) is 84.3 Å². The Balaban J connectivity index is 1.26. The highest BCUT2D eigenvalue weighted by Gasteiger charge is 2.03. The molecule has 2 aromatic heterocycles. The van der Waals surface area contributed by atoms with Crippen molar-refractivity contribution < 1.29 is 9.90 Å². The van der Waals surface area contributed by atoms with Crippen LogP contribution in [-0.2, 0) is 17.8 Å². The third-order valence-electron chi connectivity index (χ3n) is 5.21. The van der Waals surface area contributed by atoms with Crippen LogP contribution in [0.15, 0.2) is 73.1 Å². The molecule has 0 radical (unpaired) electrons. The molecule has 7 nitrogen and oxygen atoms in total. The predicted molar refractivity (Wildman–Crippen MR) is 128 cm³/mol. The van der Waals surface area contributed by atoms with Crippen LogP contribution in [-0.4, -0.2) is 34.1 Å². The molecule has 0 unspecified atom stereocenters. The lowest BCUT2D eigenvalue weighted by Gasteiger charge is -2.10. The summed E-state index contributed by atoms with van der Waals surface area (Å²) in [6, 6.07) is 20.4. The van der Waals surface area contributed by atoms with Gasteiger partial charge in [0.2, 0.25) is 0 Å². The molecule has 5 N–H and O–H groups in total. The molecule has 4 aromatic rings. The number of carbonyl (C=O) groups is 1. The van der Waals surface area contributed by atoms with Crippen molar-refractivity contribution in [3.63, 3.8) is 0 Å². The summed E-state index contributed by atoms with van der Waals surface area (Å²) in [4.78, 5) is 18.2. The summed E-state index contributed by atoms with van der Waals surface area (Å²) in [5.74, 6) is -0.809. The maximum Gasteiger partial charge on any atom is 0.304 e. The van der Waals surface area contributed by atoms with Gasteiger partial charge in [-0.15, -0.1) is 0 Å². The first-order valence-electron chi connectivity index (χ1n) is 10.7. The minimum atomic E-state index is -0.809. The van der Waals surface area contributed by atoms with Gasteiger partial charge in [0.05, 0.1) is 12.1 Å². The zero-order chi connectivity index (χ0) is 22.2. The average molecular weight is 430 g/mol. The van der Waals surface area contributed by atoms with Gasteiger partial charge in [-0.1, -0.05) is 18.2 Å². The minimum absolute atomic E-state index is 0.0973. The van der Waals surface area contributed by atoms with Crippen LogP contribution in [0.5, 0.6) is 0 Å². The SMILES string of the molecule is O=C(O)CCNCc1cc(Nc2ccc(NCCc3c[nH]c4ccccc34)cc2)ccn1. The number of carboxylic acids is 1. The fraction of sp³-hybridized carbons (Fsp3) is 0.200. The second-order valence-corrected chi connectivity index (χ2v) is 7.59. The lowest BCUT2D eigenvalue weighted by molar-refractivity contribution is -0.136. The van der Waals surface area contributed by atoms with Crippen LogP contribution in [0, 0.1) is 0 Å². The average Bonchev–Trinajstić information content (AvgIpc) is 3.21. The van der Waals surface area contributed by atoms with Crippen LogP contribution in [0.2, 0.25) is 0 Å². The summed E-state index contributed by atoms with van der Waals surface area (Å²) in [7, 11) is 0. The van der Waals surface area contributed by atoms with Crippen LogP contribution < -0.4 is 16.0 Å². The number of rotatable bonds is 11. The summed E-state index contributed by atoms with van der Waals surface area (Å²) in [5, 5.41) is 19.9. The smallest absolute Gasteiger partial charge is 0.304 e. The van der Waals surface area contributed by atoms with Gasteiger partial charge in [-0.05, 0) is 54.4 Å². The Labute approximate surface area is 186 Å². The van der Waals surface area contributed by atoms with Crippen molar-refractivity contribution in [1.29, 1.82) is 0 Å². The Morgan fingerprint density at radius 1 is 0.969 bits per heavy atom. The van der Waals surface area contributed by atoms with Crippen molar-refractivity contribution in [2.75, 3.05) is 23.7 Å². The van der Waals surface area contributed by atoms with Crippen molar-refractivity contribution >= 4 is 33.9 Å². The Morgan fingerprint density at radius 3 is 2.62 bits per heavy atom. The van der Waals surface area contributed by atoms with E-state index in [1.165, 1.54) is 16.5 Å². The van der Waals surface area contributed by atoms with Gasteiger partial charge in [0, 0.05) is 60.0 Å². The van der Waals surface area contributed by atoms with E-state index < -0.39 is 5.97 Å². The van der Waals surface area contributed by atoms with Gasteiger partial charge >= 0.3 is 5.97 Å². The molecule has 0 saturated carbocycles. The summed E-state index contributed by atoms with van der Waals surface area (Å²) >= 11 is 0. The quantitative estimate of drug-likeness (QED) is 0.225. The Morgan fingerprint density at radius 2 is 1.78 bits per heavy atom. The molecule has 0 aliphatic rings. The van der Waals surface area contributed by atoms with Crippen molar-refractivity contribution in [1.82, 2.24) is 15.3 Å². The van der Waals surface area contributed by atoms with Gasteiger partial charge < -0.3 is 26.0 Å². The molecule has 0 amide bonds. The Kier molecular flexibility index (Phi) is 6.99. The maximum absolute atomic E-state index is 10.6. The third-order valence-corrected chi connectivity index (χ3v) is 5.21. The minimum Gasteiger partial charge on any atom is -0.481 e. The second kappa shape index (κ2) is 10.5. The van der Waals surface area contributed by atoms with E-state index in [2.05, 4.69) is 62.4 Å². The predicted octanol–water partition coefficient (Wildman–Crippen LogP) is 4.53. The fourth-order valence-corrected chi connectivity index (χ4v) is 3.58. The molecule has 0 fully saturated rings. The number of H-pyrrole nitrogens is 1. The first-order valence-corrected chi connectivity index (χ1v) is 10.7. The summed E-state index contributed by atoms with van der Waals surface area (Å²) < 4.78 is 0. The standard InChI is InChI=1S/C25H27N5O2/c31-25(32)11-12-26-17-22-15-21(10-14-28-22)30-20-7-5-19(6-8-20)27-13-9-18-16-29-24-4-2-1-3-23(18)24/h1-8,10,14-16,26-27,29H,9,11-13,17H2,(H,28,30)(H,31,32). The fourth-order valence-electron chi connectivity index (χ4n) is 3.58. The van der Waals surface area contributed by atoms with Gasteiger partial charge in [0.1, 0.15) is 0 Å². The molecular formula is C25H27N5O2. The number of nitrogens with one attached hydrogen (secondary N) is 4. The van der Waals surface area contributed by atoms with E-state index in [1.54, 1.807) is 6.20 Å². The number of aliphatic carboxylic acids is 1. The summed E-state index contributed by atoms with van der Waals surface area (Å²) in [6.07, 6.45) is 4.88. The molecule has 0 spiro atoms. The number of carboxylic acid groups (broad SMARTS) is 1. The van der Waals surface area contributed by atoms with Crippen LogP contribution in [0.25, 0.3) is 10.9 Å². The first kappa shape index (κ1) is 21.4. The molecule has 7 heteroatoms. The number of benzene rings is 2. The molecular weight excluding hydrogens is 402 g/mol. The molecule has 0 bridgehead atoms. The number of nitrogens with zero attached hydrogens (tertiary/aromatic N) is 1. The monoisotopic (exact) mass is 429 g/mol. The van der Waals surface area contributed by atoms with Crippen LogP contribution in [0.4, 0.5) is 17.1 Å². The number of hydrogen-bond donors (Lipinski definition) is 5. The zero-order valence-electron chi connectivity index (χ0n) is 17.8. The van der Waals surface area contributed by atoms with E-state index in [0.29, 0.717) is 13.1 Å². The highest BCUT2D eigenvalue weighted by atomic mass is 16.4. The number of aromatic amines is 1. The summed E-state index contributed by atoms with van der Waals surface area (Å²) in [5.41, 5.74) is 6.35. The first-order chi connectivity index (χ1) is 15.7. The van der Waals surface area contributed by atoms with Crippen molar-refractivity contribution in [2.45, 2.75) is 19.4 Å². The molecule has 0 saturated heterocycles. The number of anilines is 3. The lowest BCUT2D eigenvalue weighted by Crippen LogP contribution is -2.18. The van der Waals surface area contributed by atoms with E-state index in [4.69, 9.17) is 5.11 Å². The van der Waals surface area contributed by atoms with E-state index >= 15 is 0 Å². The third kappa shape index (κ3) is 5.86. The zero-order valence-corrected chi connectivity index (χ0v) is 17.8. The highest BCUT2D eigenvalue weighted by Crippen LogP contribution is 2.21. The van der Waals surface area contributed by atoms with Crippen LogP contribution in [0.3, 0.4) is 0 Å². The van der Waals surface area contributed by atoms with Gasteiger partial charge in [-0.25, -0.2) is 0 Å². The number of para-hydroxylation sites is 1. The molecule has 4 rings (SSSR count). The number of pyridine rings is 1. The van der Waals surface area contributed by atoms with Crippen LogP contribution >= 0.6 is 0 Å². The molecule has 0 aliphatic heterocycles. The van der Waals surface area contributed by atoms with Crippen molar-refractivity contribution in [3.8, 4) is 0 Å². The van der Waals surface area contributed by atoms with E-state index in [0.717, 1.165) is 35.7 Å². The van der Waals surface area contributed by atoms with Crippen molar-refractivity contribution in [2.24, 2.45) is 0 Å². The number of fused-ring (bicyclic) bond motifs is 1.